The fourth-order valence-electron chi connectivity index (χ4n) is 1.02. The van der Waals surface area contributed by atoms with E-state index in [4.69, 9.17) is 4.74 Å². The standard InChI is InChI=1S/C13H20N2O3S2/c1-12(2,3)18-11(16)9-7-14-10(19-9)8-15-20(17)13(4,5)6/h7-8H,1-6H3. The van der Waals surface area contributed by atoms with Crippen LogP contribution in [0, 0.1) is 0 Å². The van der Waals surface area contributed by atoms with E-state index in [9.17, 15) is 9.35 Å². The molecule has 7 heteroatoms. The molecule has 0 spiro atoms. The van der Waals surface area contributed by atoms with Crippen LogP contribution in [0.15, 0.2) is 10.6 Å². The van der Waals surface area contributed by atoms with E-state index in [0.717, 1.165) is 11.3 Å². The van der Waals surface area contributed by atoms with Crippen LogP contribution >= 0.6 is 11.3 Å². The third kappa shape index (κ3) is 5.60. The van der Waals surface area contributed by atoms with Crippen LogP contribution in [0.2, 0.25) is 0 Å². The Balaban J connectivity index is 2.73. The number of rotatable bonds is 3. The van der Waals surface area contributed by atoms with Gasteiger partial charge in [0.1, 0.15) is 37.8 Å². The molecule has 1 heterocycles. The fraction of sp³-hybridized carbons (Fsp3) is 0.615. The number of ether oxygens (including phenoxy) is 1. The van der Waals surface area contributed by atoms with Crippen LogP contribution in [0.5, 0.6) is 0 Å². The number of hydrogen-bond acceptors (Lipinski definition) is 6. The topological polar surface area (TPSA) is 74.6 Å². The summed E-state index contributed by atoms with van der Waals surface area (Å²) in [6, 6.07) is 0. The van der Waals surface area contributed by atoms with E-state index in [1.807, 2.05) is 20.8 Å². The largest absolute Gasteiger partial charge is 0.591 e. The molecule has 0 amide bonds. The lowest BCUT2D eigenvalue weighted by Gasteiger charge is -2.18. The van der Waals surface area contributed by atoms with Crippen LogP contribution in [-0.4, -0.2) is 32.1 Å². The summed E-state index contributed by atoms with van der Waals surface area (Å²) in [5, 5.41) is 0.531. The summed E-state index contributed by atoms with van der Waals surface area (Å²) in [6.45, 7) is 10.9. The Morgan fingerprint density at radius 2 is 2.00 bits per heavy atom. The van der Waals surface area contributed by atoms with Gasteiger partial charge in [0.25, 0.3) is 0 Å². The van der Waals surface area contributed by atoms with Crippen LogP contribution < -0.4 is 0 Å². The molecule has 0 aromatic carbocycles. The number of carbonyl (C=O) groups is 1. The zero-order valence-electron chi connectivity index (χ0n) is 12.6. The second-order valence-electron chi connectivity index (χ2n) is 6.16. The van der Waals surface area contributed by atoms with Gasteiger partial charge in [0.2, 0.25) is 0 Å². The molecule has 1 unspecified atom stereocenters. The minimum Gasteiger partial charge on any atom is -0.591 e. The Hall–Kier alpha value is -0.920. The summed E-state index contributed by atoms with van der Waals surface area (Å²) in [4.78, 5) is 16.3. The SMILES string of the molecule is CC(C)(C)OC(=O)c1cnc(C=N[S+]([O-])C(C)(C)C)s1. The number of thiazole rings is 1. The fourth-order valence-corrected chi connectivity index (χ4v) is 2.27. The summed E-state index contributed by atoms with van der Waals surface area (Å²) < 4.78 is 20.5. The van der Waals surface area contributed by atoms with Crippen molar-refractivity contribution in [1.29, 1.82) is 0 Å². The van der Waals surface area contributed by atoms with Crippen molar-refractivity contribution >= 4 is 34.9 Å². The van der Waals surface area contributed by atoms with E-state index in [1.54, 1.807) is 20.8 Å². The number of hydrogen-bond donors (Lipinski definition) is 0. The highest BCUT2D eigenvalue weighted by atomic mass is 32.2. The van der Waals surface area contributed by atoms with Gasteiger partial charge >= 0.3 is 5.97 Å². The quantitative estimate of drug-likeness (QED) is 0.488. The van der Waals surface area contributed by atoms with Gasteiger partial charge < -0.3 is 9.29 Å². The molecule has 112 valence electrons. The molecule has 1 rings (SSSR count). The van der Waals surface area contributed by atoms with E-state index >= 15 is 0 Å². The highest BCUT2D eigenvalue weighted by molar-refractivity contribution is 7.91. The minimum absolute atomic E-state index is 0.405. The third-order valence-electron chi connectivity index (χ3n) is 1.91. The smallest absolute Gasteiger partial charge is 0.350 e. The third-order valence-corrected chi connectivity index (χ3v) is 4.16. The summed E-state index contributed by atoms with van der Waals surface area (Å²) in [5.74, 6) is -0.411. The van der Waals surface area contributed by atoms with E-state index < -0.39 is 27.7 Å². The molecule has 1 atom stereocenters. The average molecular weight is 316 g/mol. The molecular weight excluding hydrogens is 296 g/mol. The van der Waals surface area contributed by atoms with Crippen LogP contribution in [0.3, 0.4) is 0 Å². The maximum absolute atomic E-state index is 11.8. The molecular formula is C13H20N2O3S2. The van der Waals surface area contributed by atoms with Gasteiger partial charge in [-0.3, -0.25) is 0 Å². The van der Waals surface area contributed by atoms with Crippen LogP contribution in [0.25, 0.3) is 0 Å². The average Bonchev–Trinajstić information content (AvgIpc) is 2.70. The molecule has 1 aromatic rings. The Kier molecular flexibility index (Phi) is 5.34. The summed E-state index contributed by atoms with van der Waals surface area (Å²) in [6.07, 6.45) is 2.87. The number of aromatic nitrogens is 1. The molecule has 0 aliphatic rings. The Labute approximate surface area is 126 Å². The molecule has 0 radical (unpaired) electrons. The zero-order chi connectivity index (χ0) is 15.6. The van der Waals surface area contributed by atoms with Gasteiger partial charge in [-0.05, 0) is 41.5 Å². The minimum atomic E-state index is -1.34. The highest BCUT2D eigenvalue weighted by Gasteiger charge is 2.26. The second kappa shape index (κ2) is 6.24. The van der Waals surface area contributed by atoms with E-state index in [0.29, 0.717) is 9.88 Å². The molecule has 0 aliphatic carbocycles. The predicted molar refractivity (Wildman–Crippen MR) is 82.8 cm³/mol. The van der Waals surface area contributed by atoms with Gasteiger partial charge in [0.15, 0.2) is 0 Å². The van der Waals surface area contributed by atoms with Crippen molar-refractivity contribution in [3.8, 4) is 0 Å². The van der Waals surface area contributed by atoms with Gasteiger partial charge in [-0.15, -0.1) is 11.3 Å². The van der Waals surface area contributed by atoms with Gasteiger partial charge in [-0.2, -0.15) is 0 Å². The number of nitrogens with zero attached hydrogens (tertiary/aromatic N) is 2. The maximum Gasteiger partial charge on any atom is 0.350 e. The normalized spacial score (nSPS) is 14.6. The molecule has 0 saturated carbocycles. The highest BCUT2D eigenvalue weighted by Crippen LogP contribution is 2.19. The van der Waals surface area contributed by atoms with Crippen molar-refractivity contribution in [1.82, 2.24) is 4.98 Å². The van der Waals surface area contributed by atoms with Crippen LogP contribution in [-0.2, 0) is 16.1 Å². The van der Waals surface area contributed by atoms with Gasteiger partial charge in [0, 0.05) is 0 Å². The monoisotopic (exact) mass is 316 g/mol. The molecule has 5 nitrogen and oxygen atoms in total. The van der Waals surface area contributed by atoms with E-state index in [2.05, 4.69) is 9.38 Å². The first-order valence-corrected chi connectivity index (χ1v) is 8.06. The lowest BCUT2D eigenvalue weighted by atomic mass is 10.2. The van der Waals surface area contributed by atoms with Crippen molar-refractivity contribution < 1.29 is 14.1 Å². The van der Waals surface area contributed by atoms with Gasteiger partial charge in [0.05, 0.1) is 6.20 Å². The van der Waals surface area contributed by atoms with Crippen molar-refractivity contribution in [3.05, 3.63) is 16.1 Å². The molecule has 1 aromatic heterocycles. The lowest BCUT2D eigenvalue weighted by molar-refractivity contribution is 0.00749. The lowest BCUT2D eigenvalue weighted by Crippen LogP contribution is -2.25. The first-order chi connectivity index (χ1) is 8.99. The Morgan fingerprint density at radius 1 is 1.40 bits per heavy atom. The molecule has 0 fully saturated rings. The zero-order valence-corrected chi connectivity index (χ0v) is 14.2. The molecule has 0 saturated heterocycles. The van der Waals surface area contributed by atoms with Crippen molar-refractivity contribution in [2.24, 2.45) is 4.40 Å². The van der Waals surface area contributed by atoms with Crippen LogP contribution in [0.1, 0.15) is 56.2 Å². The van der Waals surface area contributed by atoms with Crippen molar-refractivity contribution in [2.75, 3.05) is 0 Å². The Morgan fingerprint density at radius 3 is 2.50 bits per heavy atom. The maximum atomic E-state index is 11.8. The van der Waals surface area contributed by atoms with E-state index in [1.165, 1.54) is 12.4 Å². The predicted octanol–water partition coefficient (Wildman–Crippen LogP) is 2.98. The number of carbonyl (C=O) groups excluding carboxylic acids is 1. The first kappa shape index (κ1) is 17.1. The summed E-state index contributed by atoms with van der Waals surface area (Å²) in [7, 11) is 0. The van der Waals surface area contributed by atoms with Crippen LogP contribution in [0.4, 0.5) is 0 Å². The van der Waals surface area contributed by atoms with E-state index in [-0.39, 0.29) is 0 Å². The summed E-state index contributed by atoms with van der Waals surface area (Å²) >= 11 is -0.170. The van der Waals surface area contributed by atoms with Gasteiger partial charge in [-0.1, -0.05) is 4.40 Å². The molecule has 0 bridgehead atoms. The molecule has 0 aliphatic heterocycles. The summed E-state index contributed by atoms with van der Waals surface area (Å²) in [5.41, 5.74) is -0.539. The van der Waals surface area contributed by atoms with Gasteiger partial charge in [-0.25, -0.2) is 9.78 Å². The number of esters is 1. The molecule has 20 heavy (non-hydrogen) atoms. The van der Waals surface area contributed by atoms with Crippen molar-refractivity contribution in [3.63, 3.8) is 0 Å². The Bertz CT molecular complexity index is 498. The van der Waals surface area contributed by atoms with Crippen molar-refractivity contribution in [2.45, 2.75) is 51.9 Å². The molecule has 0 N–H and O–H groups in total. The second-order valence-corrected chi connectivity index (χ2v) is 9.16. The first-order valence-electron chi connectivity index (χ1n) is 6.14.